The number of aromatic nitrogens is 1. The normalized spacial score (nSPS) is 27.9. The largest absolute Gasteiger partial charge is 0.495 e. The number of nitrogens with zero attached hydrogens (tertiary/aromatic N) is 4. The van der Waals surface area contributed by atoms with Crippen molar-refractivity contribution in [2.45, 2.75) is 65.3 Å². The maximum atomic E-state index is 13.6. The third-order valence-electron chi connectivity index (χ3n) is 9.59. The topological polar surface area (TPSA) is 90.7 Å². The van der Waals surface area contributed by atoms with Crippen LogP contribution in [0.5, 0.6) is 11.5 Å². The first-order valence-electron chi connectivity index (χ1n) is 14.7. The Bertz CT molecular complexity index is 1440. The average molecular weight is 554 g/mol. The van der Waals surface area contributed by atoms with Crippen LogP contribution >= 0.6 is 0 Å². The highest BCUT2D eigenvalue weighted by molar-refractivity contribution is 5.98. The van der Waals surface area contributed by atoms with E-state index in [-0.39, 0.29) is 28.9 Å². The summed E-state index contributed by atoms with van der Waals surface area (Å²) in [4.78, 5) is 23.0. The first kappa shape index (κ1) is 27.6. The quantitative estimate of drug-likeness (QED) is 0.563. The number of benzene rings is 1. The first-order chi connectivity index (χ1) is 19.6. The zero-order chi connectivity index (χ0) is 28.9. The maximum absolute atomic E-state index is 13.6. The molecule has 8 nitrogen and oxygen atoms in total. The number of methoxy groups -OCH3 is 1. The predicted molar refractivity (Wildman–Crippen MR) is 155 cm³/mol. The molecule has 3 heterocycles. The summed E-state index contributed by atoms with van der Waals surface area (Å²) in [5, 5.41) is 12.7. The van der Waals surface area contributed by atoms with Crippen molar-refractivity contribution in [2.75, 3.05) is 33.3 Å². The number of nitrogens with one attached hydrogen (secondary N) is 1. The molecule has 2 aromatic rings. The van der Waals surface area contributed by atoms with Gasteiger partial charge in [0.15, 0.2) is 0 Å². The Morgan fingerprint density at radius 3 is 2.49 bits per heavy atom. The summed E-state index contributed by atoms with van der Waals surface area (Å²) in [6.07, 6.45) is 2.12. The molecule has 1 N–H and O–H groups in total. The summed E-state index contributed by atoms with van der Waals surface area (Å²) in [6.45, 7) is 13.5. The van der Waals surface area contributed by atoms with Crippen LogP contribution in [0.4, 0.5) is 0 Å². The summed E-state index contributed by atoms with van der Waals surface area (Å²) in [7, 11) is 1.55. The van der Waals surface area contributed by atoms with Gasteiger partial charge in [-0.05, 0) is 43.0 Å². The predicted octanol–water partition coefficient (Wildman–Crippen LogP) is 3.84. The second-order valence-electron chi connectivity index (χ2n) is 13.0. The molecule has 2 aliphatic heterocycles. The van der Waals surface area contributed by atoms with Crippen molar-refractivity contribution in [3.63, 3.8) is 0 Å². The SMILES string of the molecule is COc1cc(O[C@H]2C(C)(C)[C@H](N3Cc4nc(C#C[C@H]5C[C@H](N6CCNCC6)C5)ccc4C3=O)C2(C)C)ccc1C#N. The lowest BCUT2D eigenvalue weighted by molar-refractivity contribution is -0.199. The number of nitriles is 1. The molecule has 0 unspecified atom stereocenters. The van der Waals surface area contributed by atoms with E-state index in [4.69, 9.17) is 14.5 Å². The van der Waals surface area contributed by atoms with Gasteiger partial charge in [0.1, 0.15) is 29.4 Å². The highest BCUT2D eigenvalue weighted by atomic mass is 16.5. The van der Waals surface area contributed by atoms with Crippen LogP contribution in [0.1, 0.15) is 67.8 Å². The Morgan fingerprint density at radius 2 is 1.80 bits per heavy atom. The van der Waals surface area contributed by atoms with Crippen LogP contribution in [0, 0.1) is 39.9 Å². The Morgan fingerprint density at radius 1 is 1.07 bits per heavy atom. The number of carbonyl (C=O) groups is 1. The number of amides is 1. The summed E-state index contributed by atoms with van der Waals surface area (Å²) < 4.78 is 11.9. The van der Waals surface area contributed by atoms with Gasteiger partial charge in [-0.2, -0.15) is 5.26 Å². The van der Waals surface area contributed by atoms with Gasteiger partial charge in [-0.1, -0.05) is 33.6 Å². The van der Waals surface area contributed by atoms with E-state index < -0.39 is 0 Å². The fourth-order valence-corrected chi connectivity index (χ4v) is 7.90. The van der Waals surface area contributed by atoms with E-state index in [1.807, 2.05) is 17.0 Å². The Hall–Kier alpha value is -3.59. The molecule has 41 heavy (non-hydrogen) atoms. The van der Waals surface area contributed by atoms with Crippen molar-refractivity contribution in [3.8, 4) is 29.4 Å². The molecule has 1 aromatic carbocycles. The number of pyridine rings is 1. The van der Waals surface area contributed by atoms with E-state index in [0.717, 1.165) is 50.4 Å². The third-order valence-corrected chi connectivity index (χ3v) is 9.59. The number of carbonyl (C=O) groups excluding carboxylic acids is 1. The minimum absolute atomic E-state index is 0.0227. The highest BCUT2D eigenvalue weighted by Gasteiger charge is 2.67. The zero-order valence-corrected chi connectivity index (χ0v) is 24.7. The van der Waals surface area contributed by atoms with Gasteiger partial charge in [-0.15, -0.1) is 0 Å². The summed E-state index contributed by atoms with van der Waals surface area (Å²) >= 11 is 0. The first-order valence-corrected chi connectivity index (χ1v) is 14.7. The number of hydrogen-bond acceptors (Lipinski definition) is 7. The lowest BCUT2D eigenvalue weighted by atomic mass is 9.49. The van der Waals surface area contributed by atoms with Crippen LogP contribution in [0.25, 0.3) is 0 Å². The molecule has 1 amide bonds. The molecule has 1 saturated heterocycles. The van der Waals surface area contributed by atoms with Crippen LogP contribution in [0.2, 0.25) is 0 Å². The fourth-order valence-electron chi connectivity index (χ4n) is 7.90. The van der Waals surface area contributed by atoms with Gasteiger partial charge >= 0.3 is 0 Å². The van der Waals surface area contributed by atoms with E-state index in [1.54, 1.807) is 25.3 Å². The highest BCUT2D eigenvalue weighted by Crippen LogP contribution is 2.59. The van der Waals surface area contributed by atoms with E-state index in [9.17, 15) is 10.1 Å². The molecule has 4 aliphatic rings. The van der Waals surface area contributed by atoms with Crippen LogP contribution in [0.15, 0.2) is 30.3 Å². The molecule has 0 bridgehead atoms. The molecule has 8 heteroatoms. The van der Waals surface area contributed by atoms with Crippen molar-refractivity contribution < 1.29 is 14.3 Å². The monoisotopic (exact) mass is 553 g/mol. The van der Waals surface area contributed by atoms with Crippen molar-refractivity contribution in [3.05, 3.63) is 52.8 Å². The molecule has 2 aliphatic carbocycles. The zero-order valence-electron chi connectivity index (χ0n) is 24.7. The van der Waals surface area contributed by atoms with Gasteiger partial charge in [0.2, 0.25) is 0 Å². The Balaban J connectivity index is 1.13. The van der Waals surface area contributed by atoms with Gasteiger partial charge in [-0.3, -0.25) is 9.69 Å². The van der Waals surface area contributed by atoms with Crippen molar-refractivity contribution >= 4 is 5.91 Å². The van der Waals surface area contributed by atoms with Gasteiger partial charge in [0.05, 0.1) is 30.5 Å². The van der Waals surface area contributed by atoms with Crippen molar-refractivity contribution in [1.29, 1.82) is 5.26 Å². The molecule has 214 valence electrons. The summed E-state index contributed by atoms with van der Waals surface area (Å²) in [5.74, 6) is 8.32. The molecule has 0 spiro atoms. The molecular formula is C33H39N5O3. The number of hydrogen-bond donors (Lipinski definition) is 1. The lowest BCUT2D eigenvalue weighted by Crippen LogP contribution is -2.74. The summed E-state index contributed by atoms with van der Waals surface area (Å²) in [5.41, 5.74) is 2.07. The molecule has 6 rings (SSSR count). The maximum Gasteiger partial charge on any atom is 0.256 e. The Labute approximate surface area is 243 Å². The van der Waals surface area contributed by atoms with Crippen LogP contribution in [0.3, 0.4) is 0 Å². The molecule has 2 saturated carbocycles. The molecule has 0 atom stereocenters. The molecule has 3 fully saturated rings. The van der Waals surface area contributed by atoms with Crippen molar-refractivity contribution in [2.24, 2.45) is 16.7 Å². The Kier molecular flexibility index (Phi) is 6.96. The van der Waals surface area contributed by atoms with Crippen LogP contribution in [-0.2, 0) is 6.54 Å². The van der Waals surface area contributed by atoms with Gasteiger partial charge < -0.3 is 19.7 Å². The number of fused-ring (bicyclic) bond motifs is 1. The molecule has 0 radical (unpaired) electrons. The van der Waals surface area contributed by atoms with E-state index in [1.165, 1.54) is 0 Å². The smallest absolute Gasteiger partial charge is 0.256 e. The van der Waals surface area contributed by atoms with Gasteiger partial charge in [0, 0.05) is 61.1 Å². The minimum Gasteiger partial charge on any atom is -0.495 e. The molecule has 1 aromatic heterocycles. The van der Waals surface area contributed by atoms with Gasteiger partial charge in [0.25, 0.3) is 5.91 Å². The lowest BCUT2D eigenvalue weighted by Gasteiger charge is -2.65. The number of ether oxygens (including phenoxy) is 2. The molecular weight excluding hydrogens is 514 g/mol. The second kappa shape index (κ2) is 10.4. The standard InChI is InChI=1S/C33H39N5O3/c1-32(2)30(33(3,4)31(32)41-25-10-7-22(19-34)28(18-25)40-5)38-20-27-26(29(38)39)11-9-23(36-27)8-6-21-16-24(17-21)37-14-12-35-13-15-37/h7,9-11,18,21,24,30-31,35H,12-17,20H2,1-5H3/t21-,24-,30-,31-. The third kappa shape index (κ3) is 4.74. The number of rotatable bonds is 5. The van der Waals surface area contributed by atoms with Crippen LogP contribution < -0.4 is 14.8 Å². The average Bonchev–Trinajstić information content (AvgIpc) is 3.25. The van der Waals surface area contributed by atoms with E-state index in [2.05, 4.69) is 55.8 Å². The summed E-state index contributed by atoms with van der Waals surface area (Å²) in [6, 6.07) is 11.8. The van der Waals surface area contributed by atoms with Crippen LogP contribution in [-0.4, -0.2) is 72.2 Å². The van der Waals surface area contributed by atoms with Crippen molar-refractivity contribution in [1.82, 2.24) is 20.1 Å². The van der Waals surface area contributed by atoms with E-state index >= 15 is 0 Å². The second-order valence-corrected chi connectivity index (χ2v) is 13.0. The fraction of sp³-hybridized carbons (Fsp3) is 0.545. The van der Waals surface area contributed by atoms with Gasteiger partial charge in [-0.25, -0.2) is 4.98 Å². The minimum atomic E-state index is -0.309. The van der Waals surface area contributed by atoms with E-state index in [0.29, 0.717) is 41.1 Å². The number of piperazine rings is 1.